The first-order valence-electron chi connectivity index (χ1n) is 9.91. The van der Waals surface area contributed by atoms with Crippen molar-refractivity contribution in [2.75, 3.05) is 13.7 Å². The van der Waals surface area contributed by atoms with Crippen LogP contribution in [0, 0.1) is 28.6 Å². The van der Waals surface area contributed by atoms with E-state index in [2.05, 4.69) is 13.8 Å². The van der Waals surface area contributed by atoms with Crippen molar-refractivity contribution in [3.05, 3.63) is 11.1 Å². The van der Waals surface area contributed by atoms with Crippen LogP contribution in [-0.4, -0.2) is 35.5 Å². The zero-order valence-corrected chi connectivity index (χ0v) is 15.8. The minimum absolute atomic E-state index is 0.0995. The third kappa shape index (κ3) is 2.22. The van der Waals surface area contributed by atoms with Crippen LogP contribution in [0.25, 0.3) is 0 Å². The summed E-state index contributed by atoms with van der Waals surface area (Å²) in [5.41, 5.74) is 1.66. The topological polar surface area (TPSA) is 66.8 Å². The second-order valence-corrected chi connectivity index (χ2v) is 9.58. The number of rotatable bonds is 2. The van der Waals surface area contributed by atoms with Gasteiger partial charge < -0.3 is 14.9 Å². The van der Waals surface area contributed by atoms with Crippen LogP contribution in [0.3, 0.4) is 0 Å². The summed E-state index contributed by atoms with van der Waals surface area (Å²) in [6, 6.07) is 0. The lowest BCUT2D eigenvalue weighted by atomic mass is 9.44. The molecule has 4 aliphatic carbocycles. The van der Waals surface area contributed by atoms with Gasteiger partial charge in [0.2, 0.25) is 0 Å². The Kier molecular flexibility index (Phi) is 3.90. The zero-order chi connectivity index (χ0) is 18.0. The molecule has 140 valence electrons. The molecule has 25 heavy (non-hydrogen) atoms. The molecule has 3 saturated carbocycles. The van der Waals surface area contributed by atoms with Crippen LogP contribution in [-0.2, 0) is 9.53 Å². The Balaban J connectivity index is 1.70. The maximum Gasteiger partial charge on any atom is 0.333 e. The number of fused-ring (bicyclic) bond motifs is 3. The second kappa shape index (κ2) is 5.56. The van der Waals surface area contributed by atoms with E-state index in [0.29, 0.717) is 11.8 Å². The SMILES string of the molecule is COC(=O)C1=C(C)[C@H]2CC[C@@]34C[C@@H](CC[C@H]3[C@]2(C)CC1)[C@@](O)(CO)C4. The lowest BCUT2D eigenvalue weighted by Crippen LogP contribution is -2.52. The summed E-state index contributed by atoms with van der Waals surface area (Å²) < 4.78 is 5.01. The predicted molar refractivity (Wildman–Crippen MR) is 94.7 cm³/mol. The number of hydrogen-bond acceptors (Lipinski definition) is 4. The van der Waals surface area contributed by atoms with Crippen molar-refractivity contribution >= 4 is 5.97 Å². The first-order valence-corrected chi connectivity index (χ1v) is 9.91. The fourth-order valence-electron chi connectivity index (χ4n) is 7.65. The molecule has 4 nitrogen and oxygen atoms in total. The Morgan fingerprint density at radius 1 is 1.28 bits per heavy atom. The van der Waals surface area contributed by atoms with Gasteiger partial charge in [0.15, 0.2) is 0 Å². The smallest absolute Gasteiger partial charge is 0.333 e. The molecule has 4 aliphatic rings. The van der Waals surface area contributed by atoms with Crippen LogP contribution in [0.4, 0.5) is 0 Å². The zero-order valence-electron chi connectivity index (χ0n) is 15.8. The maximum absolute atomic E-state index is 12.1. The summed E-state index contributed by atoms with van der Waals surface area (Å²) in [4.78, 5) is 12.1. The maximum atomic E-state index is 12.1. The minimum Gasteiger partial charge on any atom is -0.466 e. The number of carbonyl (C=O) groups excluding carboxylic acids is 1. The first kappa shape index (κ1) is 17.5. The summed E-state index contributed by atoms with van der Waals surface area (Å²) in [6.45, 7) is 4.46. The lowest BCUT2D eigenvalue weighted by Gasteiger charge is -2.60. The fourth-order valence-corrected chi connectivity index (χ4v) is 7.65. The molecule has 4 rings (SSSR count). The van der Waals surface area contributed by atoms with Gasteiger partial charge in [0.25, 0.3) is 0 Å². The quantitative estimate of drug-likeness (QED) is 0.752. The third-order valence-corrected chi connectivity index (χ3v) is 8.76. The number of esters is 1. The van der Waals surface area contributed by atoms with Crippen molar-refractivity contribution in [3.8, 4) is 0 Å². The van der Waals surface area contributed by atoms with Crippen molar-refractivity contribution in [2.24, 2.45) is 28.6 Å². The monoisotopic (exact) mass is 348 g/mol. The van der Waals surface area contributed by atoms with E-state index in [-0.39, 0.29) is 29.3 Å². The van der Waals surface area contributed by atoms with Gasteiger partial charge in [0.05, 0.1) is 19.3 Å². The minimum atomic E-state index is -0.866. The van der Waals surface area contributed by atoms with Crippen LogP contribution in [0.15, 0.2) is 11.1 Å². The molecule has 0 aliphatic heterocycles. The van der Waals surface area contributed by atoms with E-state index in [9.17, 15) is 15.0 Å². The van der Waals surface area contributed by atoms with Crippen molar-refractivity contribution in [1.82, 2.24) is 0 Å². The molecule has 4 heteroatoms. The molecule has 0 unspecified atom stereocenters. The van der Waals surface area contributed by atoms with Crippen molar-refractivity contribution in [1.29, 1.82) is 0 Å². The molecule has 6 atom stereocenters. The summed E-state index contributed by atoms with van der Waals surface area (Å²) in [7, 11) is 1.47. The molecule has 0 aromatic carbocycles. The summed E-state index contributed by atoms with van der Waals surface area (Å²) in [5.74, 6) is 1.15. The van der Waals surface area contributed by atoms with Gasteiger partial charge in [-0.2, -0.15) is 0 Å². The Labute approximate surface area is 150 Å². The van der Waals surface area contributed by atoms with Gasteiger partial charge in [-0.3, -0.25) is 0 Å². The van der Waals surface area contributed by atoms with Crippen molar-refractivity contribution in [2.45, 2.75) is 70.8 Å². The fraction of sp³-hybridized carbons (Fsp3) is 0.857. The highest BCUT2D eigenvalue weighted by atomic mass is 16.5. The third-order valence-electron chi connectivity index (χ3n) is 8.76. The first-order chi connectivity index (χ1) is 11.8. The number of carbonyl (C=O) groups is 1. The summed E-state index contributed by atoms with van der Waals surface area (Å²) >= 11 is 0. The van der Waals surface area contributed by atoms with E-state index in [1.54, 1.807) is 0 Å². The highest BCUT2D eigenvalue weighted by Gasteiger charge is 2.65. The van der Waals surface area contributed by atoms with Gasteiger partial charge in [0.1, 0.15) is 0 Å². The van der Waals surface area contributed by atoms with Gasteiger partial charge in [-0.1, -0.05) is 12.5 Å². The van der Waals surface area contributed by atoms with Gasteiger partial charge in [-0.25, -0.2) is 4.79 Å². The summed E-state index contributed by atoms with van der Waals surface area (Å²) in [5, 5.41) is 20.8. The molecule has 0 radical (unpaired) electrons. The Bertz CT molecular complexity index is 625. The van der Waals surface area contributed by atoms with Crippen LogP contribution in [0.1, 0.15) is 65.2 Å². The number of ether oxygens (including phenoxy) is 1. The van der Waals surface area contributed by atoms with Crippen LogP contribution in [0.2, 0.25) is 0 Å². The van der Waals surface area contributed by atoms with Crippen LogP contribution in [0.5, 0.6) is 0 Å². The molecule has 0 aromatic heterocycles. The molecule has 2 bridgehead atoms. The molecule has 0 saturated heterocycles. The molecule has 0 aromatic rings. The number of methoxy groups -OCH3 is 1. The Hall–Kier alpha value is -0.870. The highest BCUT2D eigenvalue weighted by Crippen LogP contribution is 2.71. The average molecular weight is 348 g/mol. The van der Waals surface area contributed by atoms with Crippen LogP contribution < -0.4 is 0 Å². The van der Waals surface area contributed by atoms with E-state index in [0.717, 1.165) is 56.9 Å². The number of aliphatic hydroxyl groups excluding tert-OH is 1. The number of hydrogen-bond donors (Lipinski definition) is 2. The molecular weight excluding hydrogens is 316 g/mol. The van der Waals surface area contributed by atoms with E-state index in [1.807, 2.05) is 0 Å². The largest absolute Gasteiger partial charge is 0.466 e. The Morgan fingerprint density at radius 3 is 2.72 bits per heavy atom. The molecule has 0 heterocycles. The van der Waals surface area contributed by atoms with Gasteiger partial charge in [-0.05, 0) is 86.9 Å². The lowest BCUT2D eigenvalue weighted by molar-refractivity contribution is -0.137. The molecular formula is C21H32O4. The molecule has 2 N–H and O–H groups in total. The normalized spacial score (nSPS) is 48.8. The molecule has 3 fully saturated rings. The van der Waals surface area contributed by atoms with Crippen LogP contribution >= 0.6 is 0 Å². The van der Waals surface area contributed by atoms with Gasteiger partial charge >= 0.3 is 5.97 Å². The molecule has 0 amide bonds. The number of aliphatic hydroxyl groups is 2. The van der Waals surface area contributed by atoms with E-state index >= 15 is 0 Å². The van der Waals surface area contributed by atoms with Gasteiger partial charge in [0, 0.05) is 5.57 Å². The van der Waals surface area contributed by atoms with E-state index < -0.39 is 5.60 Å². The Morgan fingerprint density at radius 2 is 2.04 bits per heavy atom. The predicted octanol–water partition coefficient (Wildman–Crippen LogP) is 3.22. The van der Waals surface area contributed by atoms with E-state index in [4.69, 9.17) is 4.74 Å². The second-order valence-electron chi connectivity index (χ2n) is 9.58. The molecule has 1 spiro atoms. The van der Waals surface area contributed by atoms with Crippen molar-refractivity contribution in [3.63, 3.8) is 0 Å². The average Bonchev–Trinajstić information content (AvgIpc) is 2.80. The highest BCUT2D eigenvalue weighted by molar-refractivity contribution is 5.89. The van der Waals surface area contributed by atoms with Crippen molar-refractivity contribution < 1.29 is 19.7 Å². The standard InChI is InChI=1S/C21H32O4/c1-13-15(18(23)25-3)6-8-19(2)16(13)7-9-20-10-14(4-5-17(19)20)21(24,11-20)12-22/h14,16-17,22,24H,4-12H2,1-3H3/t14-,16-,17+,19-,20+,21+/m1/s1. The van der Waals surface area contributed by atoms with E-state index in [1.165, 1.54) is 12.7 Å². The van der Waals surface area contributed by atoms with Gasteiger partial charge in [-0.15, -0.1) is 0 Å². The number of allylic oxidation sites excluding steroid dienone is 1. The summed E-state index contributed by atoms with van der Waals surface area (Å²) in [6.07, 6.45) is 8.07.